The lowest BCUT2D eigenvalue weighted by Crippen LogP contribution is -2.40. The zero-order chi connectivity index (χ0) is 30.7. The van der Waals surface area contributed by atoms with Crippen molar-refractivity contribution in [1.29, 1.82) is 0 Å². The molecule has 10 nitrogen and oxygen atoms in total. The minimum atomic E-state index is -0.879. The zero-order valence-corrected chi connectivity index (χ0v) is 26.3. The number of esters is 1. The molecular formula is C30H33ClN2O8S. The van der Waals surface area contributed by atoms with Crippen LogP contribution in [-0.2, 0) is 9.53 Å². The molecule has 12 heteroatoms. The van der Waals surface area contributed by atoms with Crippen LogP contribution in [-0.4, -0.2) is 51.7 Å². The Balaban J connectivity index is 1.98. The molecule has 0 fully saturated rings. The van der Waals surface area contributed by atoms with Crippen LogP contribution < -0.4 is 38.6 Å². The molecule has 0 aliphatic carbocycles. The average Bonchev–Trinajstić information content (AvgIpc) is 3.26. The lowest BCUT2D eigenvalue weighted by Gasteiger charge is -2.26. The van der Waals surface area contributed by atoms with Crippen molar-refractivity contribution in [3.8, 4) is 28.7 Å². The van der Waals surface area contributed by atoms with Crippen LogP contribution in [0.4, 0.5) is 0 Å². The largest absolute Gasteiger partial charge is 0.493 e. The molecule has 4 rings (SSSR count). The van der Waals surface area contributed by atoms with Crippen molar-refractivity contribution in [2.45, 2.75) is 39.8 Å². The van der Waals surface area contributed by atoms with Crippen LogP contribution in [0.5, 0.6) is 28.7 Å². The summed E-state index contributed by atoms with van der Waals surface area (Å²) in [5.74, 6) is 1.40. The number of halogens is 1. The van der Waals surface area contributed by atoms with Crippen molar-refractivity contribution in [3.05, 3.63) is 71.4 Å². The second kappa shape index (κ2) is 12.9. The maximum atomic E-state index is 14.0. The number of fused-ring (bicyclic) bond motifs is 1. The molecule has 0 saturated carbocycles. The number of thiazole rings is 1. The Morgan fingerprint density at radius 1 is 1.02 bits per heavy atom. The quantitative estimate of drug-likeness (QED) is 0.311. The Bertz CT molecular complexity index is 1700. The molecule has 0 N–H and O–H groups in total. The molecule has 0 bridgehead atoms. The Labute approximate surface area is 252 Å². The third-order valence-corrected chi connectivity index (χ3v) is 7.69. The van der Waals surface area contributed by atoms with E-state index in [9.17, 15) is 9.59 Å². The van der Waals surface area contributed by atoms with E-state index in [1.165, 1.54) is 44.3 Å². The predicted molar refractivity (Wildman–Crippen MR) is 160 cm³/mol. The molecule has 42 heavy (non-hydrogen) atoms. The minimum Gasteiger partial charge on any atom is -0.493 e. The summed E-state index contributed by atoms with van der Waals surface area (Å²) in [5.41, 5.74) is 1.48. The average molecular weight is 617 g/mol. The molecule has 2 aromatic carbocycles. The molecule has 1 atom stereocenters. The standard InChI is InChI=1S/C30H33ClN2O8S/c1-9-40-29(35)24-16(4)32-30-33(25(24)18-13-21(37-6)27(39-8)22(14-18)38-7)28(34)23(42-30)12-17-10-19(31)26(41-15(2)3)20(11-17)36-5/h10-15,25H,9H2,1-8H3/b23-12-/t25-/m0/s1. The number of hydrogen-bond donors (Lipinski definition) is 0. The van der Waals surface area contributed by atoms with Gasteiger partial charge in [0.25, 0.3) is 5.56 Å². The molecule has 1 aromatic heterocycles. The van der Waals surface area contributed by atoms with Crippen molar-refractivity contribution in [2.75, 3.05) is 35.0 Å². The molecule has 0 saturated heterocycles. The molecule has 0 spiro atoms. The first-order valence-corrected chi connectivity index (χ1v) is 14.3. The highest BCUT2D eigenvalue weighted by molar-refractivity contribution is 7.07. The highest BCUT2D eigenvalue weighted by Gasteiger charge is 2.34. The topological polar surface area (TPSA) is 107 Å². The number of carbonyl (C=O) groups is 1. The predicted octanol–water partition coefficient (Wildman–Crippen LogP) is 4.27. The van der Waals surface area contributed by atoms with Gasteiger partial charge >= 0.3 is 5.97 Å². The summed E-state index contributed by atoms with van der Waals surface area (Å²) in [6.45, 7) is 7.37. The van der Waals surface area contributed by atoms with Crippen LogP contribution in [0.3, 0.4) is 0 Å². The van der Waals surface area contributed by atoms with E-state index in [1.54, 1.807) is 44.2 Å². The molecule has 0 unspecified atom stereocenters. The van der Waals surface area contributed by atoms with E-state index >= 15 is 0 Å². The first-order valence-electron chi connectivity index (χ1n) is 13.1. The van der Waals surface area contributed by atoms with Crippen LogP contribution in [0.15, 0.2) is 45.3 Å². The van der Waals surface area contributed by atoms with E-state index < -0.39 is 12.0 Å². The Kier molecular flexibility index (Phi) is 9.53. The molecule has 2 heterocycles. The van der Waals surface area contributed by atoms with Gasteiger partial charge in [-0.3, -0.25) is 9.36 Å². The number of methoxy groups -OCH3 is 4. The monoisotopic (exact) mass is 616 g/mol. The number of rotatable bonds is 10. The van der Waals surface area contributed by atoms with E-state index in [-0.39, 0.29) is 23.8 Å². The van der Waals surface area contributed by atoms with Crippen LogP contribution in [0.2, 0.25) is 5.02 Å². The fourth-order valence-corrected chi connectivity index (χ4v) is 6.00. The van der Waals surface area contributed by atoms with Crippen molar-refractivity contribution >= 4 is 35.0 Å². The van der Waals surface area contributed by atoms with E-state index in [1.807, 2.05) is 13.8 Å². The van der Waals surface area contributed by atoms with Gasteiger partial charge in [0.1, 0.15) is 0 Å². The van der Waals surface area contributed by atoms with E-state index in [4.69, 9.17) is 40.0 Å². The molecule has 1 aliphatic heterocycles. The lowest BCUT2D eigenvalue weighted by atomic mass is 9.95. The number of allylic oxidation sites excluding steroid dienone is 1. The number of carbonyl (C=O) groups excluding carboxylic acids is 1. The van der Waals surface area contributed by atoms with Crippen LogP contribution in [0, 0.1) is 0 Å². The summed E-state index contributed by atoms with van der Waals surface area (Å²) in [6, 6.07) is 5.98. The normalized spacial score (nSPS) is 14.8. The Morgan fingerprint density at radius 2 is 1.64 bits per heavy atom. The highest BCUT2D eigenvalue weighted by atomic mass is 35.5. The van der Waals surface area contributed by atoms with Gasteiger partial charge in [-0.2, -0.15) is 0 Å². The van der Waals surface area contributed by atoms with Crippen LogP contribution in [0.25, 0.3) is 6.08 Å². The summed E-state index contributed by atoms with van der Waals surface area (Å²) in [7, 11) is 6.01. The summed E-state index contributed by atoms with van der Waals surface area (Å²) in [6.07, 6.45) is 1.59. The molecular weight excluding hydrogens is 584 g/mol. The smallest absolute Gasteiger partial charge is 0.338 e. The van der Waals surface area contributed by atoms with Gasteiger partial charge in [-0.15, -0.1) is 0 Å². The molecule has 224 valence electrons. The first kappa shape index (κ1) is 31.0. The van der Waals surface area contributed by atoms with Gasteiger partial charge in [0.15, 0.2) is 27.8 Å². The fraction of sp³-hybridized carbons (Fsp3) is 0.367. The van der Waals surface area contributed by atoms with E-state index in [0.29, 0.717) is 59.9 Å². The maximum absolute atomic E-state index is 14.0. The SMILES string of the molecule is CCOC(=O)C1=C(C)N=c2s/c(=C\c3cc(Cl)c(OC(C)C)c(OC)c3)c(=O)n2[C@H]1c1cc(OC)c(OC)c(OC)c1. The number of aromatic nitrogens is 1. The maximum Gasteiger partial charge on any atom is 0.338 e. The van der Waals surface area contributed by atoms with Crippen LogP contribution >= 0.6 is 22.9 Å². The second-order valence-electron chi connectivity index (χ2n) is 9.46. The van der Waals surface area contributed by atoms with E-state index in [0.717, 1.165) is 0 Å². The minimum absolute atomic E-state index is 0.113. The molecule has 3 aromatic rings. The Morgan fingerprint density at radius 3 is 2.19 bits per heavy atom. The first-order chi connectivity index (χ1) is 20.1. The fourth-order valence-electron chi connectivity index (χ4n) is 4.69. The van der Waals surface area contributed by atoms with Gasteiger partial charge in [-0.05, 0) is 69.2 Å². The lowest BCUT2D eigenvalue weighted by molar-refractivity contribution is -0.139. The van der Waals surface area contributed by atoms with Gasteiger partial charge in [-0.1, -0.05) is 22.9 Å². The third kappa shape index (κ3) is 5.84. The van der Waals surface area contributed by atoms with Crippen molar-refractivity contribution < 1.29 is 33.2 Å². The summed E-state index contributed by atoms with van der Waals surface area (Å²) in [5, 5.41) is 0.345. The summed E-state index contributed by atoms with van der Waals surface area (Å²) in [4.78, 5) is 32.4. The number of ether oxygens (including phenoxy) is 6. The van der Waals surface area contributed by atoms with E-state index in [2.05, 4.69) is 4.99 Å². The number of hydrogen-bond acceptors (Lipinski definition) is 10. The van der Waals surface area contributed by atoms with Gasteiger partial charge in [0, 0.05) is 0 Å². The van der Waals surface area contributed by atoms with Gasteiger partial charge in [0.05, 0.1) is 68.0 Å². The van der Waals surface area contributed by atoms with Gasteiger partial charge in [-0.25, -0.2) is 9.79 Å². The van der Waals surface area contributed by atoms with Crippen molar-refractivity contribution in [1.82, 2.24) is 4.57 Å². The summed E-state index contributed by atoms with van der Waals surface area (Å²) < 4.78 is 35.2. The molecule has 1 aliphatic rings. The van der Waals surface area contributed by atoms with Gasteiger partial charge in [0.2, 0.25) is 5.75 Å². The number of benzene rings is 2. The Hall–Kier alpha value is -3.96. The number of nitrogens with zero attached hydrogens (tertiary/aromatic N) is 2. The second-order valence-corrected chi connectivity index (χ2v) is 10.9. The zero-order valence-electron chi connectivity index (χ0n) is 24.7. The summed E-state index contributed by atoms with van der Waals surface area (Å²) >= 11 is 7.72. The van der Waals surface area contributed by atoms with Gasteiger partial charge < -0.3 is 28.4 Å². The highest BCUT2D eigenvalue weighted by Crippen LogP contribution is 2.42. The third-order valence-electron chi connectivity index (χ3n) is 6.42. The van der Waals surface area contributed by atoms with Crippen molar-refractivity contribution in [3.63, 3.8) is 0 Å². The molecule has 0 amide bonds. The van der Waals surface area contributed by atoms with Crippen LogP contribution in [0.1, 0.15) is 44.9 Å². The van der Waals surface area contributed by atoms with Crippen molar-refractivity contribution in [2.24, 2.45) is 4.99 Å². The molecule has 0 radical (unpaired) electrons.